The molecule has 15 heteroatoms. The van der Waals surface area contributed by atoms with Gasteiger partial charge in [0.1, 0.15) is 11.7 Å². The Morgan fingerprint density at radius 1 is 0.600 bits per heavy atom. The zero-order chi connectivity index (χ0) is 47.6. The van der Waals surface area contributed by atoms with Crippen molar-refractivity contribution in [2.24, 2.45) is 71.0 Å². The molecule has 368 valence electrons. The van der Waals surface area contributed by atoms with E-state index in [-0.39, 0.29) is 143 Å². The van der Waals surface area contributed by atoms with Crippen LogP contribution in [0.5, 0.6) is 0 Å². The Labute approximate surface area is 411 Å². The van der Waals surface area contributed by atoms with E-state index in [1.165, 1.54) is 13.8 Å². The maximum atomic E-state index is 11.8. The van der Waals surface area contributed by atoms with Crippen LogP contribution >= 0.6 is 0 Å². The van der Waals surface area contributed by atoms with Gasteiger partial charge in [-0.25, -0.2) is 14.4 Å². The first-order chi connectivity index (χ1) is 28.0. The molecule has 13 nitrogen and oxygen atoms in total. The summed E-state index contributed by atoms with van der Waals surface area (Å²) in [6.45, 7) is 33.2. The van der Waals surface area contributed by atoms with Crippen LogP contribution in [-0.2, 0) is 33.4 Å². The number of aliphatic hydroxyl groups excluding tert-OH is 2. The number of esters is 4. The molecule has 15 atom stereocenters. The number of cyclic esters (lactones) is 1. The summed E-state index contributed by atoms with van der Waals surface area (Å²) in [6.07, 6.45) is 4.56. The molecule has 65 heavy (non-hydrogen) atoms. The zero-order valence-electron chi connectivity index (χ0n) is 41.7. The maximum Gasteiger partial charge on any atom is 2.00 e. The summed E-state index contributed by atoms with van der Waals surface area (Å²) in [7, 11) is 0. The second kappa shape index (κ2) is 21.8. The topological polar surface area (TPSA) is 217 Å². The third kappa shape index (κ3) is 13.5. The molecule has 6 aliphatic carbocycles. The summed E-state index contributed by atoms with van der Waals surface area (Å²) in [5.74, 6) is 0.172. The molecule has 0 amide bonds. The Balaban J connectivity index is 0.000000437. The third-order valence-corrected chi connectivity index (χ3v) is 15.1. The molecule has 0 unspecified atom stereocenters. The van der Waals surface area contributed by atoms with Gasteiger partial charge >= 0.3 is 46.9 Å². The molecule has 1 heterocycles. The van der Waals surface area contributed by atoms with Crippen LogP contribution in [-0.4, -0.2) is 124 Å². The van der Waals surface area contributed by atoms with Crippen LogP contribution in [0.1, 0.15) is 129 Å². The van der Waals surface area contributed by atoms with Gasteiger partial charge < -0.3 is 64.7 Å². The first kappa shape index (κ1) is 61.1. The number of hydrogen-bond acceptors (Lipinski definition) is 13. The molecule has 0 spiro atoms. The summed E-state index contributed by atoms with van der Waals surface area (Å²) in [4.78, 5) is 44.8. The minimum Gasteiger partial charge on any atom is -1.00 e. The van der Waals surface area contributed by atoms with Crippen molar-refractivity contribution in [1.29, 1.82) is 0 Å². The number of carbonyl (C=O) groups is 4. The molecule has 1 saturated heterocycles. The Kier molecular flexibility index (Phi) is 20.5. The molecule has 0 radical (unpaired) electrons. The molecule has 0 aromatic carbocycles. The molecule has 6 bridgehead atoms. The summed E-state index contributed by atoms with van der Waals surface area (Å²) in [6, 6.07) is 0. The van der Waals surface area contributed by atoms with Crippen molar-refractivity contribution in [1.82, 2.24) is 0 Å². The predicted molar refractivity (Wildman–Crippen MR) is 245 cm³/mol. The maximum absolute atomic E-state index is 11.8. The average molecular weight is 950 g/mol. The Bertz CT molecular complexity index is 1730. The number of carbonyl (C=O) groups excluding carboxylic acids is 4. The largest absolute Gasteiger partial charge is 2.00 e. The van der Waals surface area contributed by atoms with Gasteiger partial charge in [-0.05, 0) is 182 Å². The fraction of sp³-hybridized carbons (Fsp3) is 0.780. The van der Waals surface area contributed by atoms with Crippen molar-refractivity contribution >= 4 is 46.9 Å². The molecule has 7 aliphatic rings. The van der Waals surface area contributed by atoms with Gasteiger partial charge in [0.15, 0.2) is 0 Å². The van der Waals surface area contributed by atoms with Crippen LogP contribution in [0, 0.1) is 78.4 Å². The first-order valence-corrected chi connectivity index (χ1v) is 22.4. The Hall–Kier alpha value is -1.88. The minimum atomic E-state index is -0.904. The van der Waals surface area contributed by atoms with Crippen molar-refractivity contribution in [2.75, 3.05) is 0 Å². The Morgan fingerprint density at radius 3 is 1.37 bits per heavy atom. The van der Waals surface area contributed by atoms with Crippen molar-refractivity contribution in [2.45, 2.75) is 175 Å². The number of aliphatic hydroxyl groups is 6. The van der Waals surface area contributed by atoms with E-state index in [1.54, 1.807) is 34.6 Å². The van der Waals surface area contributed by atoms with Crippen LogP contribution < -0.4 is 12.4 Å². The quantitative estimate of drug-likeness (QED) is 0.0516. The molecule has 6 N–H and O–H groups in total. The molecule has 0 aromatic heterocycles. The van der Waals surface area contributed by atoms with Crippen molar-refractivity contribution in [3.63, 3.8) is 0 Å². The Morgan fingerprint density at radius 2 is 0.954 bits per heavy atom. The van der Waals surface area contributed by atoms with Gasteiger partial charge in [0.25, 0.3) is 0 Å². The van der Waals surface area contributed by atoms with Crippen molar-refractivity contribution in [3.8, 4) is 0 Å². The average Bonchev–Trinajstić information content (AvgIpc) is 3.95. The van der Waals surface area contributed by atoms with Crippen LogP contribution in [0.4, 0.5) is 0 Å². The van der Waals surface area contributed by atoms with Gasteiger partial charge in [0, 0.05) is 28.6 Å². The van der Waals surface area contributed by atoms with Gasteiger partial charge in [0.05, 0.1) is 40.5 Å². The van der Waals surface area contributed by atoms with E-state index in [4.69, 9.17) is 9.47 Å². The van der Waals surface area contributed by atoms with Crippen molar-refractivity contribution in [3.05, 3.63) is 43.9 Å². The second-order valence-electron chi connectivity index (χ2n) is 22.6. The van der Waals surface area contributed by atoms with Gasteiger partial charge in [-0.3, -0.25) is 4.79 Å². The minimum absolute atomic E-state index is 0. The van der Waals surface area contributed by atoms with E-state index in [2.05, 4.69) is 24.5 Å². The number of halogens is 1. The van der Waals surface area contributed by atoms with Crippen LogP contribution in [0.3, 0.4) is 0 Å². The SMILES string of the molecule is C=C(C)C(=O)OC(=O)C(=C)C.C=C(C)C(=O)O[C@H]1C[C@H]2C[C@@H]1[C@H](C(C)(C)O)[C@@H]2C(C)(C)O.CC(C)(O)[C@@H]1[C@@H]2C[C@H]([C@@H]1C(C)(C)O)[C@@H](O)C2.CC1(C)OC(=O)[C@@H]2[C@@H]3C[C@H]([C@@H]21)[C@@H](O)C3.[CH3-].[Cl-].[Mg+2]. The molecular formula is C50H81ClMgO13. The normalized spacial score (nSPS) is 35.4. The van der Waals surface area contributed by atoms with Crippen LogP contribution in [0.25, 0.3) is 0 Å². The van der Waals surface area contributed by atoms with Crippen LogP contribution in [0.2, 0.25) is 0 Å². The molecule has 6 saturated carbocycles. The van der Waals surface area contributed by atoms with Gasteiger partial charge in [-0.15, -0.1) is 0 Å². The first-order valence-electron chi connectivity index (χ1n) is 22.4. The van der Waals surface area contributed by atoms with Crippen molar-refractivity contribution < 1.29 is 76.4 Å². The van der Waals surface area contributed by atoms with E-state index in [0.29, 0.717) is 23.3 Å². The molecule has 1 aliphatic heterocycles. The number of ether oxygens (including phenoxy) is 3. The predicted octanol–water partition coefficient (Wildman–Crippen LogP) is 2.69. The van der Waals surface area contributed by atoms with E-state index in [0.717, 1.165) is 38.5 Å². The molecule has 7 fully saturated rings. The monoisotopic (exact) mass is 949 g/mol. The number of fused-ring (bicyclic) bond motifs is 9. The van der Waals surface area contributed by atoms with E-state index in [9.17, 15) is 49.8 Å². The van der Waals surface area contributed by atoms with Gasteiger partial charge in [-0.2, -0.15) is 0 Å². The van der Waals surface area contributed by atoms with Gasteiger partial charge in [0.2, 0.25) is 0 Å². The summed E-state index contributed by atoms with van der Waals surface area (Å²) >= 11 is 0. The molecular weight excluding hydrogens is 868 g/mol. The van der Waals surface area contributed by atoms with E-state index < -0.39 is 34.3 Å². The fourth-order valence-electron chi connectivity index (χ4n) is 13.2. The van der Waals surface area contributed by atoms with E-state index in [1.807, 2.05) is 41.5 Å². The second-order valence-corrected chi connectivity index (χ2v) is 22.6. The summed E-state index contributed by atoms with van der Waals surface area (Å²) < 4.78 is 15.3. The summed E-state index contributed by atoms with van der Waals surface area (Å²) in [5, 5.41) is 61.4. The number of rotatable bonds is 8. The molecule has 7 rings (SSSR count). The molecule has 0 aromatic rings. The number of hydrogen-bond donors (Lipinski definition) is 6. The fourth-order valence-corrected chi connectivity index (χ4v) is 13.2. The van der Waals surface area contributed by atoms with Gasteiger partial charge in [-0.1, -0.05) is 19.7 Å². The standard InChI is InChI=1S/C17H28O4.C13H24O3.C11H16O3.C8H10O3.CH3.ClH.Mg/c1-9(2)15(18)21-12-8-10-7-11(12)14(17(5,6)20)13(10)16(3,4)19;1-12(2,15)10-7-5-8(9(14)6-7)11(10)13(3,4)16;1-11(2)9-6-3-5(4-7(6)12)8(9)10(13)14-11;1-5(2)7(9)11-8(10)6(3)4;;;/h10-14,19-20H,1,7-8H2,2-6H3;7-11,14-16H,5-6H2,1-4H3;5-9,12H,3-4H2,1-2H3;1,3H2,2,4H3;1H3;1H;/q;;;;-1;;+2/p-1/t10-,11+,12+,13-,14+;7-,8+,9+,10-,11+;5-,6+,7+,8-,9+;;;;/m111..../s1. The smallest absolute Gasteiger partial charge is 1.00 e. The summed E-state index contributed by atoms with van der Waals surface area (Å²) in [5.41, 5.74) is -2.92. The zero-order valence-corrected chi connectivity index (χ0v) is 43.8. The van der Waals surface area contributed by atoms with Crippen LogP contribution in [0.15, 0.2) is 36.5 Å². The third-order valence-electron chi connectivity index (χ3n) is 15.1. The van der Waals surface area contributed by atoms with E-state index >= 15 is 0 Å².